The van der Waals surface area contributed by atoms with E-state index in [9.17, 15) is 24.3 Å². The highest BCUT2D eigenvalue weighted by Crippen LogP contribution is 2.33. The summed E-state index contributed by atoms with van der Waals surface area (Å²) in [7, 11) is 0. The number of hydrogen-bond donors (Lipinski definition) is 3. The summed E-state index contributed by atoms with van der Waals surface area (Å²) in [6.07, 6.45) is 0.823. The van der Waals surface area contributed by atoms with Crippen molar-refractivity contribution in [2.24, 2.45) is 0 Å². The average Bonchev–Trinajstić information content (AvgIpc) is 3.10. The number of imidazole rings is 1. The first-order chi connectivity index (χ1) is 11.8. The Morgan fingerprint density at radius 3 is 2.48 bits per heavy atom. The van der Waals surface area contributed by atoms with Crippen molar-refractivity contribution >= 4 is 23.7 Å². The van der Waals surface area contributed by atoms with Crippen LogP contribution in [-0.2, 0) is 17.6 Å². The molecule has 1 unspecified atom stereocenters. The lowest BCUT2D eigenvalue weighted by atomic mass is 10.0. The van der Waals surface area contributed by atoms with E-state index in [2.05, 4.69) is 4.98 Å². The molecular formula is C16H12N2O7. The van der Waals surface area contributed by atoms with Gasteiger partial charge in [0.1, 0.15) is 6.04 Å². The summed E-state index contributed by atoms with van der Waals surface area (Å²) in [6, 6.07) is 3.72. The van der Waals surface area contributed by atoms with Crippen LogP contribution < -0.4 is 0 Å². The minimum Gasteiger partial charge on any atom is -0.481 e. The molecule has 9 heteroatoms. The van der Waals surface area contributed by atoms with Crippen LogP contribution in [0.25, 0.3) is 0 Å². The SMILES string of the molecule is O=C(O)Cc1cccc2c1CC(n1cc(C(=O)O)nc1C(=O)O)C2=O. The Bertz CT molecular complexity index is 929. The molecule has 1 atom stereocenters. The van der Waals surface area contributed by atoms with Gasteiger partial charge in [0.05, 0.1) is 6.42 Å². The summed E-state index contributed by atoms with van der Waals surface area (Å²) in [4.78, 5) is 49.6. The largest absolute Gasteiger partial charge is 0.481 e. The average molecular weight is 344 g/mol. The molecule has 2 aromatic rings. The normalized spacial score (nSPS) is 15.8. The zero-order chi connectivity index (χ0) is 18.3. The number of carbonyl (C=O) groups is 4. The summed E-state index contributed by atoms with van der Waals surface area (Å²) >= 11 is 0. The second kappa shape index (κ2) is 5.86. The zero-order valence-corrected chi connectivity index (χ0v) is 12.7. The van der Waals surface area contributed by atoms with Crippen LogP contribution in [-0.4, -0.2) is 48.6 Å². The van der Waals surface area contributed by atoms with Crippen molar-refractivity contribution < 1.29 is 34.5 Å². The topological polar surface area (TPSA) is 147 Å². The molecule has 0 spiro atoms. The first kappa shape index (κ1) is 16.4. The molecule has 0 radical (unpaired) electrons. The Labute approximate surface area is 140 Å². The summed E-state index contributed by atoms with van der Waals surface area (Å²) in [5, 5.41) is 27.2. The van der Waals surface area contributed by atoms with Crippen molar-refractivity contribution in [3.63, 3.8) is 0 Å². The molecule has 3 N–H and O–H groups in total. The first-order valence-corrected chi connectivity index (χ1v) is 7.21. The number of ketones is 1. The van der Waals surface area contributed by atoms with E-state index in [-0.39, 0.29) is 12.8 Å². The van der Waals surface area contributed by atoms with Crippen LogP contribution in [0.1, 0.15) is 48.6 Å². The van der Waals surface area contributed by atoms with E-state index < -0.39 is 41.3 Å². The number of fused-ring (bicyclic) bond motifs is 1. The third kappa shape index (κ3) is 2.75. The second-order valence-corrected chi connectivity index (χ2v) is 5.57. The van der Waals surface area contributed by atoms with Crippen LogP contribution >= 0.6 is 0 Å². The lowest BCUT2D eigenvalue weighted by Gasteiger charge is -2.11. The number of carboxylic acid groups (broad SMARTS) is 3. The smallest absolute Gasteiger partial charge is 0.372 e. The van der Waals surface area contributed by atoms with Gasteiger partial charge in [0.2, 0.25) is 5.82 Å². The maximum Gasteiger partial charge on any atom is 0.372 e. The van der Waals surface area contributed by atoms with E-state index in [1.165, 1.54) is 0 Å². The number of carbonyl (C=O) groups excluding carboxylic acids is 1. The van der Waals surface area contributed by atoms with Gasteiger partial charge in [-0.05, 0) is 11.1 Å². The molecule has 1 aromatic heterocycles. The number of benzene rings is 1. The van der Waals surface area contributed by atoms with Crippen molar-refractivity contribution in [3.05, 3.63) is 52.6 Å². The summed E-state index contributed by atoms with van der Waals surface area (Å²) < 4.78 is 1.03. The molecule has 0 aliphatic heterocycles. The van der Waals surface area contributed by atoms with E-state index in [1.54, 1.807) is 18.2 Å². The number of Topliss-reactive ketones (excluding diaryl/α,β-unsaturated/α-hetero) is 1. The molecule has 0 saturated heterocycles. The van der Waals surface area contributed by atoms with Gasteiger partial charge >= 0.3 is 17.9 Å². The highest BCUT2D eigenvalue weighted by atomic mass is 16.4. The van der Waals surface area contributed by atoms with Gasteiger partial charge in [0.25, 0.3) is 0 Å². The predicted octanol–water partition coefficient (Wildman–Crippen LogP) is 0.887. The van der Waals surface area contributed by atoms with Gasteiger partial charge in [0.15, 0.2) is 11.5 Å². The summed E-state index contributed by atoms with van der Waals surface area (Å²) in [6.45, 7) is 0. The van der Waals surface area contributed by atoms with Gasteiger partial charge in [-0.2, -0.15) is 0 Å². The quantitative estimate of drug-likeness (QED) is 0.724. The van der Waals surface area contributed by atoms with Crippen LogP contribution in [0.3, 0.4) is 0 Å². The monoisotopic (exact) mass is 344 g/mol. The van der Waals surface area contributed by atoms with Gasteiger partial charge in [-0.25, -0.2) is 14.6 Å². The fraction of sp³-hybridized carbons (Fsp3) is 0.188. The Balaban J connectivity index is 2.07. The van der Waals surface area contributed by atoms with Crippen molar-refractivity contribution in [2.75, 3.05) is 0 Å². The van der Waals surface area contributed by atoms with Gasteiger partial charge in [-0.3, -0.25) is 9.59 Å². The summed E-state index contributed by atoms with van der Waals surface area (Å²) in [5.41, 5.74) is 0.829. The molecule has 1 heterocycles. The predicted molar refractivity (Wildman–Crippen MR) is 81.0 cm³/mol. The number of aromatic nitrogens is 2. The van der Waals surface area contributed by atoms with E-state index >= 15 is 0 Å². The first-order valence-electron chi connectivity index (χ1n) is 7.21. The number of aliphatic carboxylic acids is 1. The Morgan fingerprint density at radius 1 is 1.16 bits per heavy atom. The van der Waals surface area contributed by atoms with Gasteiger partial charge in [-0.15, -0.1) is 0 Å². The number of rotatable bonds is 5. The number of hydrogen-bond acceptors (Lipinski definition) is 5. The highest BCUT2D eigenvalue weighted by molar-refractivity contribution is 6.04. The van der Waals surface area contributed by atoms with E-state index in [4.69, 9.17) is 10.2 Å². The van der Waals surface area contributed by atoms with Crippen molar-refractivity contribution in [2.45, 2.75) is 18.9 Å². The van der Waals surface area contributed by atoms with Crippen LogP contribution in [0.2, 0.25) is 0 Å². The van der Waals surface area contributed by atoms with Crippen molar-refractivity contribution in [3.8, 4) is 0 Å². The van der Waals surface area contributed by atoms with Crippen molar-refractivity contribution in [1.29, 1.82) is 0 Å². The maximum atomic E-state index is 12.7. The fourth-order valence-corrected chi connectivity index (χ4v) is 3.02. The molecule has 1 aliphatic carbocycles. The van der Waals surface area contributed by atoms with Crippen molar-refractivity contribution in [1.82, 2.24) is 9.55 Å². The molecule has 0 amide bonds. The minimum atomic E-state index is -1.46. The number of carboxylic acids is 3. The molecule has 1 aromatic carbocycles. The molecular weight excluding hydrogens is 332 g/mol. The number of nitrogens with zero attached hydrogens (tertiary/aromatic N) is 2. The van der Waals surface area contributed by atoms with Crippen LogP contribution in [0.4, 0.5) is 0 Å². The Kier molecular flexibility index (Phi) is 3.84. The maximum absolute atomic E-state index is 12.7. The summed E-state index contributed by atoms with van der Waals surface area (Å²) in [5.74, 6) is -4.87. The highest BCUT2D eigenvalue weighted by Gasteiger charge is 2.36. The van der Waals surface area contributed by atoms with Gasteiger partial charge in [0, 0.05) is 18.2 Å². The molecule has 0 saturated carbocycles. The minimum absolute atomic E-state index is 0.0767. The molecule has 3 rings (SSSR count). The lowest BCUT2D eigenvalue weighted by molar-refractivity contribution is -0.136. The van der Waals surface area contributed by atoms with Crippen LogP contribution in [0, 0.1) is 0 Å². The lowest BCUT2D eigenvalue weighted by Crippen LogP contribution is -2.20. The third-order valence-electron chi connectivity index (χ3n) is 4.06. The molecule has 0 bridgehead atoms. The Hall–Kier alpha value is -3.49. The fourth-order valence-electron chi connectivity index (χ4n) is 3.02. The number of aromatic carboxylic acids is 2. The Morgan fingerprint density at radius 2 is 1.88 bits per heavy atom. The third-order valence-corrected chi connectivity index (χ3v) is 4.06. The van der Waals surface area contributed by atoms with Crippen LogP contribution in [0.15, 0.2) is 24.4 Å². The van der Waals surface area contributed by atoms with Gasteiger partial charge in [-0.1, -0.05) is 18.2 Å². The molecule has 128 valence electrons. The molecule has 25 heavy (non-hydrogen) atoms. The van der Waals surface area contributed by atoms with Crippen LogP contribution in [0.5, 0.6) is 0 Å². The molecule has 0 fully saturated rings. The van der Waals surface area contributed by atoms with Gasteiger partial charge < -0.3 is 19.9 Å². The standard InChI is InChI=1S/C16H12N2O7/c19-12(20)4-7-2-1-3-8-9(7)5-11(13(8)21)18-6-10(15(22)23)17-14(18)16(24)25/h1-3,6,11H,4-5H2,(H,19,20)(H,22,23)(H,24,25). The second-order valence-electron chi connectivity index (χ2n) is 5.57. The van der Waals surface area contributed by atoms with E-state index in [0.717, 1.165) is 10.8 Å². The zero-order valence-electron chi connectivity index (χ0n) is 12.7. The molecule has 9 nitrogen and oxygen atoms in total. The van der Waals surface area contributed by atoms with E-state index in [0.29, 0.717) is 16.7 Å². The van der Waals surface area contributed by atoms with E-state index in [1.807, 2.05) is 0 Å². The molecule has 1 aliphatic rings.